The normalized spacial score (nSPS) is 26.0. The molecule has 0 aromatic rings. The lowest BCUT2D eigenvalue weighted by molar-refractivity contribution is -0.115. The highest BCUT2D eigenvalue weighted by atomic mass is 32.2. The maximum Gasteiger partial charge on any atom is 0.163 e. The van der Waals surface area contributed by atoms with Crippen LogP contribution in [0.5, 0.6) is 0 Å². The van der Waals surface area contributed by atoms with Gasteiger partial charge in [-0.2, -0.15) is 0 Å². The molecule has 1 aliphatic carbocycles. The zero-order valence-corrected chi connectivity index (χ0v) is 9.62. The predicted octanol–water partition coefficient (Wildman–Crippen LogP) is 3.32. The number of thioether (sulfide) groups is 1. The van der Waals surface area contributed by atoms with E-state index in [2.05, 4.69) is 26.0 Å². The highest BCUT2D eigenvalue weighted by Gasteiger charge is 2.28. The Hall–Kier alpha value is -0.500. The summed E-state index contributed by atoms with van der Waals surface area (Å²) in [5.41, 5.74) is 1.25. The fraction of sp³-hybridized carbons (Fsp3) is 0.583. The summed E-state index contributed by atoms with van der Waals surface area (Å²) in [4.78, 5) is 12.9. The van der Waals surface area contributed by atoms with Crippen LogP contribution in [0.2, 0.25) is 0 Å². The van der Waals surface area contributed by atoms with E-state index in [1.807, 2.05) is 11.8 Å². The second kappa shape index (κ2) is 3.58. The van der Waals surface area contributed by atoms with Crippen LogP contribution in [-0.4, -0.2) is 11.5 Å². The monoisotopic (exact) mass is 208 g/mol. The maximum absolute atomic E-state index is 11.7. The van der Waals surface area contributed by atoms with E-state index in [0.29, 0.717) is 5.78 Å². The summed E-state index contributed by atoms with van der Waals surface area (Å²) in [6.45, 7) is 4.45. The van der Waals surface area contributed by atoms with Crippen molar-refractivity contribution in [3.63, 3.8) is 0 Å². The fourth-order valence-corrected chi connectivity index (χ4v) is 3.22. The average molecular weight is 208 g/mol. The molecular weight excluding hydrogens is 192 g/mol. The number of carbonyl (C=O) groups excluding carboxylic acids is 1. The standard InChI is InChI=1S/C12H16OS/c1-12(2)7-11(14-8-12)9-5-3-4-6-10(9)13/h5,7H,3-4,6,8H2,1-2H3. The van der Waals surface area contributed by atoms with E-state index in [4.69, 9.17) is 0 Å². The molecule has 2 aliphatic rings. The molecule has 0 N–H and O–H groups in total. The first-order valence-corrected chi connectivity index (χ1v) is 6.16. The molecule has 0 saturated carbocycles. The Bertz CT molecular complexity index is 323. The first-order valence-electron chi connectivity index (χ1n) is 5.18. The van der Waals surface area contributed by atoms with Gasteiger partial charge in [0.15, 0.2) is 5.78 Å². The zero-order valence-electron chi connectivity index (χ0n) is 8.80. The molecule has 0 bridgehead atoms. The third kappa shape index (κ3) is 1.95. The Kier molecular flexibility index (Phi) is 2.56. The van der Waals surface area contributed by atoms with E-state index in [1.54, 1.807) is 0 Å². The third-order valence-corrected chi connectivity index (χ3v) is 4.18. The van der Waals surface area contributed by atoms with Crippen molar-refractivity contribution in [3.05, 3.63) is 22.6 Å². The van der Waals surface area contributed by atoms with Gasteiger partial charge in [-0.15, -0.1) is 11.8 Å². The second-order valence-electron chi connectivity index (χ2n) is 4.72. The van der Waals surface area contributed by atoms with Gasteiger partial charge in [0.05, 0.1) is 0 Å². The maximum atomic E-state index is 11.7. The van der Waals surface area contributed by atoms with Gasteiger partial charge in [-0.3, -0.25) is 4.79 Å². The molecule has 1 aliphatic heterocycles. The minimum atomic E-state index is 0.262. The average Bonchev–Trinajstić information content (AvgIpc) is 2.47. The molecule has 0 atom stereocenters. The molecule has 0 aromatic heterocycles. The molecule has 2 heteroatoms. The van der Waals surface area contributed by atoms with Crippen LogP contribution < -0.4 is 0 Å². The number of hydrogen-bond acceptors (Lipinski definition) is 2. The smallest absolute Gasteiger partial charge is 0.163 e. The van der Waals surface area contributed by atoms with Gasteiger partial charge in [-0.05, 0) is 18.3 Å². The Balaban J connectivity index is 2.24. The summed E-state index contributed by atoms with van der Waals surface area (Å²) < 4.78 is 0. The van der Waals surface area contributed by atoms with Crippen LogP contribution in [0.25, 0.3) is 0 Å². The Morgan fingerprint density at radius 3 is 2.79 bits per heavy atom. The predicted molar refractivity (Wildman–Crippen MR) is 61.3 cm³/mol. The van der Waals surface area contributed by atoms with Crippen LogP contribution in [0.15, 0.2) is 22.6 Å². The minimum absolute atomic E-state index is 0.262. The lowest BCUT2D eigenvalue weighted by atomic mass is 9.92. The van der Waals surface area contributed by atoms with Crippen LogP contribution in [0.3, 0.4) is 0 Å². The molecule has 0 amide bonds. The highest BCUT2D eigenvalue weighted by molar-refractivity contribution is 8.03. The quantitative estimate of drug-likeness (QED) is 0.657. The summed E-state index contributed by atoms with van der Waals surface area (Å²) in [5.74, 6) is 1.44. The van der Waals surface area contributed by atoms with E-state index in [9.17, 15) is 4.79 Å². The molecule has 0 aromatic carbocycles. The van der Waals surface area contributed by atoms with E-state index >= 15 is 0 Å². The highest BCUT2D eigenvalue weighted by Crippen LogP contribution is 2.42. The van der Waals surface area contributed by atoms with Crippen molar-refractivity contribution >= 4 is 17.5 Å². The van der Waals surface area contributed by atoms with Crippen LogP contribution in [-0.2, 0) is 4.79 Å². The van der Waals surface area contributed by atoms with Crippen LogP contribution in [0, 0.1) is 5.41 Å². The summed E-state index contributed by atoms with van der Waals surface area (Å²) >= 11 is 1.83. The second-order valence-corrected chi connectivity index (χ2v) is 5.74. The van der Waals surface area contributed by atoms with Crippen molar-refractivity contribution in [1.82, 2.24) is 0 Å². The molecule has 0 radical (unpaired) electrons. The largest absolute Gasteiger partial charge is 0.294 e. The molecule has 0 unspecified atom stereocenters. The summed E-state index contributed by atoms with van der Waals surface area (Å²) in [6.07, 6.45) is 7.21. The molecule has 1 heterocycles. The van der Waals surface area contributed by atoms with Crippen molar-refractivity contribution in [1.29, 1.82) is 0 Å². The third-order valence-electron chi connectivity index (χ3n) is 2.64. The molecule has 76 valence electrons. The molecule has 0 fully saturated rings. The Labute approximate surface area is 89.6 Å². The van der Waals surface area contributed by atoms with Crippen LogP contribution >= 0.6 is 11.8 Å². The van der Waals surface area contributed by atoms with E-state index in [0.717, 1.165) is 30.6 Å². The number of rotatable bonds is 1. The molecule has 1 nitrogen and oxygen atoms in total. The van der Waals surface area contributed by atoms with Crippen molar-refractivity contribution in [3.8, 4) is 0 Å². The minimum Gasteiger partial charge on any atom is -0.294 e. The first-order chi connectivity index (χ1) is 6.58. The molecule has 0 spiro atoms. The molecule has 0 saturated heterocycles. The Morgan fingerprint density at radius 1 is 1.43 bits per heavy atom. The lowest BCUT2D eigenvalue weighted by Gasteiger charge is -2.11. The van der Waals surface area contributed by atoms with Crippen molar-refractivity contribution < 1.29 is 4.79 Å². The van der Waals surface area contributed by atoms with Gasteiger partial charge in [0.1, 0.15) is 0 Å². The van der Waals surface area contributed by atoms with Crippen molar-refractivity contribution in [2.75, 3.05) is 5.75 Å². The van der Waals surface area contributed by atoms with Crippen LogP contribution in [0.1, 0.15) is 33.1 Å². The van der Waals surface area contributed by atoms with E-state index in [1.165, 1.54) is 4.91 Å². The van der Waals surface area contributed by atoms with Gasteiger partial charge in [0.25, 0.3) is 0 Å². The number of allylic oxidation sites excluding steroid dienone is 3. The number of Topliss-reactive ketones (excluding diaryl/α,β-unsaturated/α-hetero) is 1. The summed E-state index contributed by atoms with van der Waals surface area (Å²) in [6, 6.07) is 0. The van der Waals surface area contributed by atoms with Crippen molar-refractivity contribution in [2.24, 2.45) is 5.41 Å². The fourth-order valence-electron chi connectivity index (χ4n) is 1.85. The number of hydrogen-bond donors (Lipinski definition) is 0. The van der Waals surface area contributed by atoms with Crippen LogP contribution in [0.4, 0.5) is 0 Å². The van der Waals surface area contributed by atoms with Gasteiger partial charge < -0.3 is 0 Å². The van der Waals surface area contributed by atoms with E-state index in [-0.39, 0.29) is 5.41 Å². The molecule has 2 rings (SSSR count). The van der Waals surface area contributed by atoms with Crippen molar-refractivity contribution in [2.45, 2.75) is 33.1 Å². The van der Waals surface area contributed by atoms with Gasteiger partial charge in [0.2, 0.25) is 0 Å². The molecular formula is C12H16OS. The summed E-state index contributed by atoms with van der Waals surface area (Å²) in [7, 11) is 0. The first kappa shape index (κ1) is 10.0. The topological polar surface area (TPSA) is 17.1 Å². The van der Waals surface area contributed by atoms with Gasteiger partial charge in [-0.25, -0.2) is 0 Å². The summed E-state index contributed by atoms with van der Waals surface area (Å²) in [5, 5.41) is 0. The lowest BCUT2D eigenvalue weighted by Crippen LogP contribution is -2.07. The van der Waals surface area contributed by atoms with E-state index < -0.39 is 0 Å². The van der Waals surface area contributed by atoms with Gasteiger partial charge >= 0.3 is 0 Å². The van der Waals surface area contributed by atoms with Gasteiger partial charge in [-0.1, -0.05) is 26.0 Å². The van der Waals surface area contributed by atoms with Gasteiger partial charge in [0, 0.05) is 22.7 Å². The number of ketones is 1. The Morgan fingerprint density at radius 2 is 2.21 bits per heavy atom. The number of carbonyl (C=O) groups is 1. The molecule has 14 heavy (non-hydrogen) atoms. The SMILES string of the molecule is CC1(C)C=C(C2=CCCCC2=O)SC1. The zero-order chi connectivity index (χ0) is 10.2.